The zero-order chi connectivity index (χ0) is 11.6. The smallest absolute Gasteiger partial charge is 0.157 e. The minimum atomic E-state index is -0.819. The number of nitrogen functional groups attached to an aromatic ring is 1. The Morgan fingerprint density at radius 2 is 2.27 bits per heavy atom. The molecule has 1 aromatic heterocycles. The minimum Gasteiger partial charge on any atom is -0.389 e. The van der Waals surface area contributed by atoms with E-state index in [1.165, 1.54) is 11.5 Å². The van der Waals surface area contributed by atoms with Crippen LogP contribution in [-0.4, -0.2) is 28.7 Å². The van der Waals surface area contributed by atoms with Crippen molar-refractivity contribution >= 4 is 22.4 Å². The van der Waals surface area contributed by atoms with Gasteiger partial charge in [0.15, 0.2) is 5.82 Å². The van der Waals surface area contributed by atoms with E-state index in [1.807, 2.05) is 6.07 Å². The highest BCUT2D eigenvalue weighted by molar-refractivity contribution is 7.10. The van der Waals surface area contributed by atoms with Crippen molar-refractivity contribution in [3.8, 4) is 6.07 Å². The van der Waals surface area contributed by atoms with Gasteiger partial charge in [0.2, 0.25) is 0 Å². The van der Waals surface area contributed by atoms with Gasteiger partial charge >= 0.3 is 0 Å². The predicted molar refractivity (Wildman–Crippen MR) is 60.8 cm³/mol. The van der Waals surface area contributed by atoms with Crippen LogP contribution in [0, 0.1) is 11.3 Å². The molecule has 1 rings (SSSR count). The normalized spacial score (nSPS) is 11.1. The molecule has 0 aromatic carbocycles. The van der Waals surface area contributed by atoms with Crippen LogP contribution in [0.2, 0.25) is 0 Å². The van der Waals surface area contributed by atoms with Gasteiger partial charge in [-0.15, -0.1) is 0 Å². The largest absolute Gasteiger partial charge is 0.389 e. The number of hydrogen-bond acceptors (Lipinski definition) is 6. The molecule has 0 bridgehead atoms. The van der Waals surface area contributed by atoms with E-state index in [9.17, 15) is 5.11 Å². The fourth-order valence-corrected chi connectivity index (χ4v) is 2.03. The third kappa shape index (κ3) is 2.81. The van der Waals surface area contributed by atoms with Crippen molar-refractivity contribution in [1.29, 1.82) is 5.26 Å². The van der Waals surface area contributed by atoms with Crippen molar-refractivity contribution in [2.24, 2.45) is 0 Å². The van der Waals surface area contributed by atoms with Gasteiger partial charge in [0, 0.05) is 13.6 Å². The lowest BCUT2D eigenvalue weighted by atomic mass is 10.1. The zero-order valence-electron chi connectivity index (χ0n) is 8.98. The molecular formula is C9H14N4OS. The van der Waals surface area contributed by atoms with Gasteiger partial charge in [-0.05, 0) is 25.4 Å². The number of anilines is 2. The maximum Gasteiger partial charge on any atom is 0.157 e. The second-order valence-corrected chi connectivity index (χ2v) is 4.78. The SMILES string of the molecule is CN(CC(C)(C)O)c1snc(N)c1C#N. The van der Waals surface area contributed by atoms with E-state index in [-0.39, 0.29) is 5.82 Å². The Morgan fingerprint density at radius 1 is 1.67 bits per heavy atom. The number of aliphatic hydroxyl groups is 1. The average Bonchev–Trinajstić information content (AvgIpc) is 2.43. The van der Waals surface area contributed by atoms with Crippen molar-refractivity contribution in [2.45, 2.75) is 19.4 Å². The number of likely N-dealkylation sites (N-methyl/N-ethyl adjacent to an activating group) is 1. The summed E-state index contributed by atoms with van der Waals surface area (Å²) in [5, 5.41) is 19.2. The van der Waals surface area contributed by atoms with Gasteiger partial charge in [-0.2, -0.15) is 9.64 Å². The highest BCUT2D eigenvalue weighted by Crippen LogP contribution is 2.29. The van der Waals surface area contributed by atoms with E-state index in [4.69, 9.17) is 11.0 Å². The Morgan fingerprint density at radius 3 is 2.73 bits per heavy atom. The first-order valence-electron chi connectivity index (χ1n) is 4.44. The van der Waals surface area contributed by atoms with Gasteiger partial charge in [0.05, 0.1) is 5.60 Å². The summed E-state index contributed by atoms with van der Waals surface area (Å²) in [5.74, 6) is 0.250. The summed E-state index contributed by atoms with van der Waals surface area (Å²) in [6, 6.07) is 2.01. The first kappa shape index (κ1) is 11.8. The van der Waals surface area contributed by atoms with Crippen molar-refractivity contribution in [2.75, 3.05) is 24.2 Å². The summed E-state index contributed by atoms with van der Waals surface area (Å²) in [7, 11) is 1.80. The third-order valence-electron chi connectivity index (χ3n) is 1.78. The summed E-state index contributed by atoms with van der Waals surface area (Å²) in [4.78, 5) is 1.78. The number of rotatable bonds is 3. The molecule has 1 aromatic rings. The fourth-order valence-electron chi connectivity index (χ4n) is 1.31. The van der Waals surface area contributed by atoms with Crippen LogP contribution in [0.25, 0.3) is 0 Å². The molecule has 0 unspecified atom stereocenters. The Bertz CT molecular complexity index is 388. The highest BCUT2D eigenvalue weighted by Gasteiger charge is 2.20. The maximum absolute atomic E-state index is 9.65. The third-order valence-corrected chi connectivity index (χ3v) is 2.76. The summed E-state index contributed by atoms with van der Waals surface area (Å²) in [6.07, 6.45) is 0. The first-order chi connectivity index (χ1) is 6.85. The van der Waals surface area contributed by atoms with Gasteiger partial charge in [-0.25, -0.2) is 0 Å². The van der Waals surface area contributed by atoms with Crippen LogP contribution in [0.15, 0.2) is 0 Å². The van der Waals surface area contributed by atoms with Crippen LogP contribution >= 0.6 is 11.5 Å². The van der Waals surface area contributed by atoms with E-state index in [1.54, 1.807) is 25.8 Å². The molecule has 0 aliphatic heterocycles. The number of nitrogens with two attached hydrogens (primary N) is 1. The molecule has 82 valence electrons. The average molecular weight is 226 g/mol. The zero-order valence-corrected chi connectivity index (χ0v) is 9.80. The molecule has 3 N–H and O–H groups in total. The molecule has 5 nitrogen and oxygen atoms in total. The monoisotopic (exact) mass is 226 g/mol. The molecule has 0 fully saturated rings. The van der Waals surface area contributed by atoms with Gasteiger partial charge in [-0.3, -0.25) is 0 Å². The molecule has 0 radical (unpaired) electrons. The van der Waals surface area contributed by atoms with E-state index in [2.05, 4.69) is 4.37 Å². The molecule has 0 saturated carbocycles. The number of nitrogens with zero attached hydrogens (tertiary/aromatic N) is 3. The lowest BCUT2D eigenvalue weighted by molar-refractivity contribution is 0.0887. The molecule has 0 aliphatic rings. The first-order valence-corrected chi connectivity index (χ1v) is 5.21. The molecule has 6 heteroatoms. The van der Waals surface area contributed by atoms with Gasteiger partial charge in [0.1, 0.15) is 16.6 Å². The topological polar surface area (TPSA) is 86.2 Å². The number of hydrogen-bond donors (Lipinski definition) is 2. The van der Waals surface area contributed by atoms with Crippen LogP contribution in [-0.2, 0) is 0 Å². The Hall–Kier alpha value is -1.32. The summed E-state index contributed by atoms with van der Waals surface area (Å²) in [6.45, 7) is 3.84. The molecular weight excluding hydrogens is 212 g/mol. The van der Waals surface area contributed by atoms with E-state index < -0.39 is 5.60 Å². The van der Waals surface area contributed by atoms with Gasteiger partial charge in [0.25, 0.3) is 0 Å². The van der Waals surface area contributed by atoms with E-state index >= 15 is 0 Å². The van der Waals surface area contributed by atoms with Crippen molar-refractivity contribution < 1.29 is 5.11 Å². The van der Waals surface area contributed by atoms with Crippen LogP contribution < -0.4 is 10.6 Å². The van der Waals surface area contributed by atoms with Crippen LogP contribution in [0.5, 0.6) is 0 Å². The second-order valence-electron chi connectivity index (χ2n) is 4.03. The maximum atomic E-state index is 9.65. The van der Waals surface area contributed by atoms with Crippen molar-refractivity contribution in [1.82, 2.24) is 4.37 Å². The standard InChI is InChI=1S/C9H14N4OS/c1-9(2,14)5-13(3)8-6(4-10)7(11)12-15-8/h14H,5H2,1-3H3,(H2,11,12). The Kier molecular flexibility index (Phi) is 3.17. The summed E-state index contributed by atoms with van der Waals surface area (Å²) in [5.41, 5.74) is 5.10. The van der Waals surface area contributed by atoms with Gasteiger partial charge < -0.3 is 15.7 Å². The second kappa shape index (κ2) is 4.04. The fraction of sp³-hybridized carbons (Fsp3) is 0.556. The molecule has 0 spiro atoms. The quantitative estimate of drug-likeness (QED) is 0.796. The van der Waals surface area contributed by atoms with E-state index in [0.717, 1.165) is 0 Å². The minimum absolute atomic E-state index is 0.250. The lowest BCUT2D eigenvalue weighted by Gasteiger charge is -2.25. The van der Waals surface area contributed by atoms with Crippen LogP contribution in [0.4, 0.5) is 10.8 Å². The predicted octanol–water partition coefficient (Wildman–Crippen LogP) is 0.804. The number of aromatic nitrogens is 1. The summed E-state index contributed by atoms with van der Waals surface area (Å²) >= 11 is 1.17. The molecule has 1 heterocycles. The molecule has 0 atom stereocenters. The van der Waals surface area contributed by atoms with Gasteiger partial charge in [-0.1, -0.05) is 0 Å². The highest BCUT2D eigenvalue weighted by atomic mass is 32.1. The molecule has 0 saturated heterocycles. The lowest BCUT2D eigenvalue weighted by Crippen LogP contribution is -2.36. The molecule has 0 amide bonds. The van der Waals surface area contributed by atoms with Crippen molar-refractivity contribution in [3.63, 3.8) is 0 Å². The summed E-state index contributed by atoms with van der Waals surface area (Å²) < 4.78 is 3.91. The molecule has 0 aliphatic carbocycles. The van der Waals surface area contributed by atoms with Crippen LogP contribution in [0.1, 0.15) is 19.4 Å². The number of nitriles is 1. The van der Waals surface area contributed by atoms with E-state index in [0.29, 0.717) is 17.1 Å². The van der Waals surface area contributed by atoms with Crippen LogP contribution in [0.3, 0.4) is 0 Å². The van der Waals surface area contributed by atoms with Crippen molar-refractivity contribution in [3.05, 3.63) is 5.56 Å². The molecule has 15 heavy (non-hydrogen) atoms. The Labute approximate surface area is 92.9 Å². The Balaban J connectivity index is 2.93.